The Morgan fingerprint density at radius 2 is 1.93 bits per heavy atom. The molecule has 148 valence electrons. The molecule has 1 saturated heterocycles. The summed E-state index contributed by atoms with van der Waals surface area (Å²) in [7, 11) is 1.62. The number of benzene rings is 1. The minimum Gasteiger partial charge on any atom is -0.497 e. The zero-order chi connectivity index (χ0) is 20.0. The van der Waals surface area contributed by atoms with E-state index in [1.54, 1.807) is 34.1 Å². The Hall–Kier alpha value is -2.22. The first-order valence-corrected chi connectivity index (χ1v) is 10.0. The van der Waals surface area contributed by atoms with Gasteiger partial charge in [-0.25, -0.2) is 4.79 Å². The number of nitrogens with one attached hydrogen (secondary N) is 1. The largest absolute Gasteiger partial charge is 0.497 e. The van der Waals surface area contributed by atoms with Crippen molar-refractivity contribution in [2.75, 3.05) is 24.8 Å². The smallest absolute Gasteiger partial charge is 0.413 e. The molecule has 0 unspecified atom stereocenters. The summed E-state index contributed by atoms with van der Waals surface area (Å²) in [6.07, 6.45) is 2.76. The molecule has 2 rings (SSSR count). The molecule has 0 radical (unpaired) electrons. The van der Waals surface area contributed by atoms with Gasteiger partial charge in [-0.1, -0.05) is 11.8 Å². The Labute approximate surface area is 164 Å². The third-order valence-corrected chi connectivity index (χ3v) is 4.53. The summed E-state index contributed by atoms with van der Waals surface area (Å²) < 4.78 is 10.4. The molecule has 1 heterocycles. The highest BCUT2D eigenvalue weighted by atomic mass is 32.2. The van der Waals surface area contributed by atoms with Crippen LogP contribution in [0.5, 0.6) is 5.75 Å². The molecule has 27 heavy (non-hydrogen) atoms. The van der Waals surface area contributed by atoms with E-state index < -0.39 is 11.7 Å². The summed E-state index contributed by atoms with van der Waals surface area (Å²) in [5, 5.41) is 2.78. The molecular formula is C19H27N3O4S. The van der Waals surface area contributed by atoms with E-state index in [0.29, 0.717) is 0 Å². The number of rotatable bonds is 3. The van der Waals surface area contributed by atoms with Crippen molar-refractivity contribution in [2.24, 2.45) is 4.99 Å². The molecule has 1 aromatic rings. The first-order valence-electron chi connectivity index (χ1n) is 8.80. The topological polar surface area (TPSA) is 80.2 Å². The number of carbonyl (C=O) groups excluding carboxylic acids is 2. The molecule has 2 amide bonds. The molecule has 0 aromatic heterocycles. The summed E-state index contributed by atoms with van der Waals surface area (Å²) >= 11 is 1.20. The lowest BCUT2D eigenvalue weighted by molar-refractivity contribution is -0.118. The monoisotopic (exact) mass is 393 g/mol. The third-order valence-electron chi connectivity index (χ3n) is 3.95. The van der Waals surface area contributed by atoms with Crippen molar-refractivity contribution in [3.63, 3.8) is 0 Å². The van der Waals surface area contributed by atoms with Crippen LogP contribution in [-0.2, 0) is 9.53 Å². The van der Waals surface area contributed by atoms with Crippen LogP contribution < -0.4 is 15.0 Å². The van der Waals surface area contributed by atoms with Crippen LogP contribution >= 0.6 is 11.8 Å². The minimum atomic E-state index is -0.623. The number of methoxy groups -OCH3 is 1. The SMILES string of the molecule is COc1ccc(N2CCC[C@H]2C(=O)/N=C(/NC(=O)OC(C)(C)C)SC)cc1. The number of hydrogen-bond acceptors (Lipinski definition) is 6. The van der Waals surface area contributed by atoms with Gasteiger partial charge in [-0.15, -0.1) is 0 Å². The molecule has 0 bridgehead atoms. The third kappa shape index (κ3) is 6.16. The van der Waals surface area contributed by atoms with Gasteiger partial charge in [0, 0.05) is 12.2 Å². The summed E-state index contributed by atoms with van der Waals surface area (Å²) in [4.78, 5) is 30.8. The average molecular weight is 394 g/mol. The maximum absolute atomic E-state index is 12.7. The van der Waals surface area contributed by atoms with Gasteiger partial charge in [0.1, 0.15) is 17.4 Å². The molecule has 7 nitrogen and oxygen atoms in total. The standard InChI is InChI=1S/C19H27N3O4S/c1-19(2,3)26-18(24)21-17(27-5)20-16(23)15-7-6-12-22(15)13-8-10-14(25-4)11-9-13/h8-11,15H,6-7,12H2,1-5H3,(H,20,21,23,24)/t15-/m0/s1. The molecule has 1 aliphatic rings. The van der Waals surface area contributed by atoms with Crippen molar-refractivity contribution in [2.45, 2.75) is 45.3 Å². The zero-order valence-corrected chi connectivity index (χ0v) is 17.3. The van der Waals surface area contributed by atoms with Gasteiger partial charge in [0.15, 0.2) is 5.17 Å². The fraction of sp³-hybridized carbons (Fsp3) is 0.526. The van der Waals surface area contributed by atoms with E-state index in [-0.39, 0.29) is 17.1 Å². The molecule has 0 aliphatic carbocycles. The molecule has 0 saturated carbocycles. The maximum Gasteiger partial charge on any atom is 0.413 e. The van der Waals surface area contributed by atoms with E-state index in [9.17, 15) is 9.59 Å². The quantitative estimate of drug-likeness (QED) is 0.626. The molecule has 0 spiro atoms. The Bertz CT molecular complexity index is 698. The second-order valence-corrected chi connectivity index (χ2v) is 7.93. The predicted molar refractivity (Wildman–Crippen MR) is 109 cm³/mol. The molecule has 1 fully saturated rings. The predicted octanol–water partition coefficient (Wildman–Crippen LogP) is 3.43. The number of amides is 2. The Morgan fingerprint density at radius 3 is 2.48 bits per heavy atom. The van der Waals surface area contributed by atoms with Crippen molar-refractivity contribution in [3.8, 4) is 5.75 Å². The second kappa shape index (κ2) is 9.12. The lowest BCUT2D eigenvalue weighted by Crippen LogP contribution is -2.38. The summed E-state index contributed by atoms with van der Waals surface area (Å²) in [5.41, 5.74) is 0.335. The molecule has 8 heteroatoms. The Kier molecular flexibility index (Phi) is 7.12. The Balaban J connectivity index is 2.08. The number of thioether (sulfide) groups is 1. The van der Waals surface area contributed by atoms with Crippen LogP contribution in [0.2, 0.25) is 0 Å². The number of aliphatic imine (C=N–C) groups is 1. The van der Waals surface area contributed by atoms with Crippen molar-refractivity contribution in [1.82, 2.24) is 5.32 Å². The van der Waals surface area contributed by atoms with Gasteiger partial charge in [0.2, 0.25) is 0 Å². The summed E-state index contributed by atoms with van der Waals surface area (Å²) in [6.45, 7) is 6.11. The highest BCUT2D eigenvalue weighted by molar-refractivity contribution is 8.13. The molecule has 1 aromatic carbocycles. The highest BCUT2D eigenvalue weighted by Crippen LogP contribution is 2.28. The van der Waals surface area contributed by atoms with Crippen LogP contribution in [0, 0.1) is 0 Å². The first kappa shape index (κ1) is 21.1. The number of nitrogens with zero attached hydrogens (tertiary/aromatic N) is 2. The molecule has 1 N–H and O–H groups in total. The van der Waals surface area contributed by atoms with Gasteiger partial charge in [-0.05, 0) is 64.1 Å². The van der Waals surface area contributed by atoms with Crippen LogP contribution in [-0.4, -0.2) is 48.7 Å². The van der Waals surface area contributed by atoms with E-state index in [0.717, 1.165) is 30.8 Å². The van der Waals surface area contributed by atoms with E-state index >= 15 is 0 Å². The number of anilines is 1. The van der Waals surface area contributed by atoms with Crippen LogP contribution in [0.1, 0.15) is 33.6 Å². The van der Waals surface area contributed by atoms with E-state index in [1.165, 1.54) is 11.8 Å². The number of hydrogen-bond donors (Lipinski definition) is 1. The Morgan fingerprint density at radius 1 is 1.26 bits per heavy atom. The average Bonchev–Trinajstić information content (AvgIpc) is 3.09. The first-order chi connectivity index (χ1) is 12.7. The van der Waals surface area contributed by atoms with Crippen LogP contribution in [0.4, 0.5) is 10.5 Å². The summed E-state index contributed by atoms with van der Waals surface area (Å²) in [5.74, 6) is 0.494. The lowest BCUT2D eigenvalue weighted by atomic mass is 10.2. The van der Waals surface area contributed by atoms with Gasteiger partial charge in [-0.2, -0.15) is 4.99 Å². The minimum absolute atomic E-state index is 0.232. The number of alkyl carbamates (subject to hydrolysis) is 1. The molecule has 1 aliphatic heterocycles. The van der Waals surface area contributed by atoms with Crippen molar-refractivity contribution in [3.05, 3.63) is 24.3 Å². The zero-order valence-electron chi connectivity index (χ0n) is 16.4. The van der Waals surface area contributed by atoms with Gasteiger partial charge in [0.05, 0.1) is 7.11 Å². The van der Waals surface area contributed by atoms with Crippen LogP contribution in [0.15, 0.2) is 29.3 Å². The number of amidine groups is 1. The van der Waals surface area contributed by atoms with Gasteiger partial charge in [0.25, 0.3) is 5.91 Å². The molecule has 1 atom stereocenters. The van der Waals surface area contributed by atoms with Gasteiger partial charge < -0.3 is 14.4 Å². The van der Waals surface area contributed by atoms with Crippen LogP contribution in [0.3, 0.4) is 0 Å². The van der Waals surface area contributed by atoms with E-state index in [2.05, 4.69) is 10.3 Å². The second-order valence-electron chi connectivity index (χ2n) is 7.14. The van der Waals surface area contributed by atoms with E-state index in [1.807, 2.05) is 29.2 Å². The normalized spacial score (nSPS) is 17.6. The number of carbonyl (C=O) groups is 2. The van der Waals surface area contributed by atoms with Crippen molar-refractivity contribution < 1.29 is 19.1 Å². The maximum atomic E-state index is 12.7. The number of ether oxygens (including phenoxy) is 2. The van der Waals surface area contributed by atoms with Gasteiger partial charge in [-0.3, -0.25) is 10.1 Å². The van der Waals surface area contributed by atoms with Gasteiger partial charge >= 0.3 is 6.09 Å². The molecular weight excluding hydrogens is 366 g/mol. The highest BCUT2D eigenvalue weighted by Gasteiger charge is 2.31. The van der Waals surface area contributed by atoms with Crippen molar-refractivity contribution in [1.29, 1.82) is 0 Å². The van der Waals surface area contributed by atoms with E-state index in [4.69, 9.17) is 9.47 Å². The van der Waals surface area contributed by atoms with Crippen LogP contribution in [0.25, 0.3) is 0 Å². The lowest BCUT2D eigenvalue weighted by Gasteiger charge is -2.24. The van der Waals surface area contributed by atoms with Crippen molar-refractivity contribution >= 4 is 34.6 Å². The fourth-order valence-electron chi connectivity index (χ4n) is 2.80. The summed E-state index contributed by atoms with van der Waals surface area (Å²) in [6, 6.07) is 7.26. The fourth-order valence-corrected chi connectivity index (χ4v) is 3.16.